The molecule has 2 fully saturated rings. The number of piperazine rings is 1. The van der Waals surface area contributed by atoms with Gasteiger partial charge < -0.3 is 19.9 Å². The number of hydrogen-bond donors (Lipinski definition) is 1. The van der Waals surface area contributed by atoms with Gasteiger partial charge in [-0.15, -0.1) is 0 Å². The summed E-state index contributed by atoms with van der Waals surface area (Å²) in [7, 11) is 0. The van der Waals surface area contributed by atoms with Gasteiger partial charge in [-0.1, -0.05) is 47.0 Å². The number of nitrogens with zero attached hydrogens (tertiary/aromatic N) is 2. The average Bonchev–Trinajstić information content (AvgIpc) is 2.70. The van der Waals surface area contributed by atoms with E-state index in [1.54, 1.807) is 4.90 Å². The number of nitrogens with one attached hydrogen (secondary N) is 1. The summed E-state index contributed by atoms with van der Waals surface area (Å²) < 4.78 is 5.49. The zero-order valence-corrected chi connectivity index (χ0v) is 20.4. The molecule has 3 rings (SSSR count). The van der Waals surface area contributed by atoms with Crippen molar-refractivity contribution in [2.45, 2.75) is 99.5 Å². The molecule has 0 aromatic heterocycles. The van der Waals surface area contributed by atoms with Gasteiger partial charge in [-0.3, -0.25) is 4.79 Å². The van der Waals surface area contributed by atoms with Crippen LogP contribution in [0, 0.1) is 12.8 Å². The van der Waals surface area contributed by atoms with Crippen molar-refractivity contribution in [2.75, 3.05) is 36.4 Å². The maximum absolute atomic E-state index is 12.6. The predicted octanol–water partition coefficient (Wildman–Crippen LogP) is 7.01. The Hall–Kier alpha value is -2.24. The van der Waals surface area contributed by atoms with E-state index in [2.05, 4.69) is 22.3 Å². The minimum absolute atomic E-state index is 0. The van der Waals surface area contributed by atoms with Crippen LogP contribution in [0.15, 0.2) is 18.2 Å². The molecular weight excluding hydrogens is 426 g/mol. The van der Waals surface area contributed by atoms with E-state index in [1.807, 2.05) is 33.8 Å². The Kier molecular flexibility index (Phi) is 11.9. The lowest BCUT2D eigenvalue weighted by Crippen LogP contribution is -2.50. The van der Waals surface area contributed by atoms with Crippen molar-refractivity contribution in [1.29, 1.82) is 0 Å². The molecule has 1 N–H and O–H groups in total. The lowest BCUT2D eigenvalue weighted by molar-refractivity contribution is -0.117. The molecule has 34 heavy (non-hydrogen) atoms. The number of carbonyl (C=O) groups is 2. The third kappa shape index (κ3) is 9.19. The maximum Gasteiger partial charge on any atom is 0.410 e. The van der Waals surface area contributed by atoms with E-state index in [-0.39, 0.29) is 26.9 Å². The Balaban J connectivity index is 0.00000289. The summed E-state index contributed by atoms with van der Waals surface area (Å²) in [4.78, 5) is 29.0. The van der Waals surface area contributed by atoms with E-state index in [0.717, 1.165) is 30.0 Å². The number of aryl methyl sites for hydroxylation is 1. The first-order chi connectivity index (χ1) is 15.2. The third-order valence-corrected chi connectivity index (χ3v) is 6.48. The Labute approximate surface area is 208 Å². The minimum Gasteiger partial charge on any atom is -0.444 e. The molecule has 194 valence electrons. The predicted molar refractivity (Wildman–Crippen MR) is 144 cm³/mol. The average molecular weight is 476 g/mol. The minimum atomic E-state index is -0.471. The third-order valence-electron chi connectivity index (χ3n) is 6.48. The van der Waals surface area contributed by atoms with Crippen LogP contribution >= 0.6 is 0 Å². The fraction of sp³-hybridized carbons (Fsp3) is 0.714. The Morgan fingerprint density at radius 1 is 0.971 bits per heavy atom. The van der Waals surface area contributed by atoms with Gasteiger partial charge in [0, 0.05) is 44.0 Å². The smallest absolute Gasteiger partial charge is 0.410 e. The standard InChI is InChI=1S/C26H41N3O3.2CH4/c1-20-18-22(28-14-16-29(17-15-28)25(31)32-26(2,3)4)12-13-23(20)27-24(30)19-21-10-8-6-5-7-9-11-21;;/h12-13,18,21H,5-11,14-17,19H2,1-4H3,(H,27,30);2*1H4. The molecular formula is C28H49N3O3. The molecule has 1 saturated carbocycles. The second-order valence-corrected chi connectivity index (χ2v) is 10.4. The van der Waals surface area contributed by atoms with Crippen molar-refractivity contribution in [3.8, 4) is 0 Å². The van der Waals surface area contributed by atoms with Crippen LogP contribution in [0.5, 0.6) is 0 Å². The van der Waals surface area contributed by atoms with E-state index in [4.69, 9.17) is 4.74 Å². The van der Waals surface area contributed by atoms with E-state index >= 15 is 0 Å². The second-order valence-electron chi connectivity index (χ2n) is 10.4. The first-order valence-electron chi connectivity index (χ1n) is 12.3. The molecule has 1 saturated heterocycles. The van der Waals surface area contributed by atoms with Crippen LogP contribution in [0.1, 0.15) is 92.6 Å². The molecule has 0 spiro atoms. The molecule has 6 heteroatoms. The van der Waals surface area contributed by atoms with Crippen LogP contribution in [-0.4, -0.2) is 48.7 Å². The molecule has 1 aromatic carbocycles. The van der Waals surface area contributed by atoms with Gasteiger partial charge in [-0.05, 0) is 70.2 Å². The summed E-state index contributed by atoms with van der Waals surface area (Å²) in [6, 6.07) is 6.22. The van der Waals surface area contributed by atoms with Gasteiger partial charge in [0.25, 0.3) is 0 Å². The van der Waals surface area contributed by atoms with Crippen LogP contribution in [0.2, 0.25) is 0 Å². The molecule has 1 heterocycles. The highest BCUT2D eigenvalue weighted by molar-refractivity contribution is 5.92. The summed E-state index contributed by atoms with van der Waals surface area (Å²) in [6.45, 7) is 10.6. The summed E-state index contributed by atoms with van der Waals surface area (Å²) in [5.41, 5.74) is 2.63. The summed E-state index contributed by atoms with van der Waals surface area (Å²) in [5.74, 6) is 0.661. The number of amides is 2. The molecule has 2 aliphatic rings. The zero-order chi connectivity index (χ0) is 23.1. The van der Waals surface area contributed by atoms with Crippen molar-refractivity contribution in [1.82, 2.24) is 4.90 Å². The van der Waals surface area contributed by atoms with Gasteiger partial charge >= 0.3 is 6.09 Å². The SMILES string of the molecule is C.C.Cc1cc(N2CCN(C(=O)OC(C)(C)C)CC2)ccc1NC(=O)CC1CCCCCCC1. The number of benzene rings is 1. The summed E-state index contributed by atoms with van der Waals surface area (Å²) >= 11 is 0. The number of ether oxygens (including phenoxy) is 1. The van der Waals surface area contributed by atoms with Gasteiger partial charge in [0.15, 0.2) is 0 Å². The Bertz CT molecular complexity index is 772. The number of hydrogen-bond acceptors (Lipinski definition) is 4. The molecule has 0 bridgehead atoms. The van der Waals surface area contributed by atoms with Gasteiger partial charge in [-0.2, -0.15) is 0 Å². The van der Waals surface area contributed by atoms with Crippen LogP contribution in [0.4, 0.5) is 16.2 Å². The van der Waals surface area contributed by atoms with Crippen LogP contribution in [0.3, 0.4) is 0 Å². The van der Waals surface area contributed by atoms with Crippen LogP contribution in [-0.2, 0) is 9.53 Å². The first kappa shape index (κ1) is 29.8. The molecule has 1 aliphatic carbocycles. The summed E-state index contributed by atoms with van der Waals surface area (Å²) in [6.07, 6.45) is 9.24. The fourth-order valence-electron chi connectivity index (χ4n) is 4.67. The van der Waals surface area contributed by atoms with Gasteiger partial charge in [0.2, 0.25) is 5.91 Å². The van der Waals surface area contributed by atoms with Crippen LogP contribution < -0.4 is 10.2 Å². The van der Waals surface area contributed by atoms with Gasteiger partial charge in [0.05, 0.1) is 0 Å². The molecule has 1 aromatic rings. The molecule has 6 nitrogen and oxygen atoms in total. The molecule has 0 unspecified atom stereocenters. The Morgan fingerprint density at radius 2 is 1.56 bits per heavy atom. The summed E-state index contributed by atoms with van der Waals surface area (Å²) in [5, 5.41) is 3.14. The van der Waals surface area contributed by atoms with Gasteiger partial charge in [0.1, 0.15) is 5.60 Å². The van der Waals surface area contributed by atoms with E-state index in [0.29, 0.717) is 25.4 Å². The molecule has 0 atom stereocenters. The highest BCUT2D eigenvalue weighted by Gasteiger charge is 2.26. The van der Waals surface area contributed by atoms with Crippen molar-refractivity contribution < 1.29 is 14.3 Å². The van der Waals surface area contributed by atoms with E-state index < -0.39 is 5.60 Å². The number of carbonyl (C=O) groups excluding carboxylic acids is 2. The molecule has 2 amide bonds. The quantitative estimate of drug-likeness (QED) is 0.508. The highest BCUT2D eigenvalue weighted by atomic mass is 16.6. The monoisotopic (exact) mass is 475 g/mol. The van der Waals surface area contributed by atoms with Crippen molar-refractivity contribution in [3.05, 3.63) is 23.8 Å². The maximum atomic E-state index is 12.6. The van der Waals surface area contributed by atoms with Gasteiger partial charge in [-0.25, -0.2) is 4.79 Å². The topological polar surface area (TPSA) is 61.9 Å². The first-order valence-corrected chi connectivity index (χ1v) is 12.3. The lowest BCUT2D eigenvalue weighted by Gasteiger charge is -2.37. The highest BCUT2D eigenvalue weighted by Crippen LogP contribution is 2.27. The van der Waals surface area contributed by atoms with Crippen LogP contribution in [0.25, 0.3) is 0 Å². The second kappa shape index (κ2) is 13.6. The number of rotatable bonds is 4. The zero-order valence-electron chi connectivity index (χ0n) is 20.4. The normalized spacial score (nSPS) is 17.5. The van der Waals surface area contributed by atoms with Crippen molar-refractivity contribution in [2.24, 2.45) is 5.92 Å². The van der Waals surface area contributed by atoms with E-state index in [1.165, 1.54) is 44.9 Å². The van der Waals surface area contributed by atoms with E-state index in [9.17, 15) is 9.59 Å². The Morgan fingerprint density at radius 3 is 2.12 bits per heavy atom. The lowest BCUT2D eigenvalue weighted by atomic mass is 9.88. The fourth-order valence-corrected chi connectivity index (χ4v) is 4.67. The van der Waals surface area contributed by atoms with Crippen molar-refractivity contribution in [3.63, 3.8) is 0 Å². The molecule has 1 aliphatic heterocycles. The largest absolute Gasteiger partial charge is 0.444 e. The molecule has 0 radical (unpaired) electrons. The number of anilines is 2. The van der Waals surface area contributed by atoms with Crippen molar-refractivity contribution >= 4 is 23.4 Å².